The maximum atomic E-state index is 2.68. The van der Waals surface area contributed by atoms with Crippen LogP contribution in [0.1, 0.15) is 62.5 Å². The lowest BCUT2D eigenvalue weighted by molar-refractivity contribution is 0.433. The smallest absolute Gasteiger partial charge is 0.0640 e. The molecule has 7 aliphatic rings. The van der Waals surface area contributed by atoms with Crippen LogP contribution in [0, 0.1) is 11.8 Å². The Hall–Kier alpha value is -7.30. The Morgan fingerprint density at radius 3 is 2.06 bits per heavy atom. The summed E-state index contributed by atoms with van der Waals surface area (Å²) in [5.41, 5.74) is 21.6. The van der Waals surface area contributed by atoms with Crippen molar-refractivity contribution in [1.82, 2.24) is 9.47 Å². The van der Waals surface area contributed by atoms with Crippen LogP contribution < -0.4 is 20.4 Å². The molecule has 4 atom stereocenters. The third-order valence-electron chi connectivity index (χ3n) is 15.6. The highest BCUT2D eigenvalue weighted by atomic mass is 15.2. The molecule has 4 nitrogen and oxygen atoms in total. The molecule has 4 aliphatic carbocycles. The Bertz CT molecular complexity index is 3450. The van der Waals surface area contributed by atoms with E-state index in [1.165, 1.54) is 108 Å². The zero-order chi connectivity index (χ0) is 42.8. The van der Waals surface area contributed by atoms with Gasteiger partial charge in [0.2, 0.25) is 0 Å². The molecule has 0 radical (unpaired) electrons. The number of hydrogen-bond donors (Lipinski definition) is 0. The first kappa shape index (κ1) is 37.1. The number of para-hydroxylation sites is 6. The predicted octanol–water partition coefficient (Wildman–Crippen LogP) is 13.5. The average molecular weight is 839 g/mol. The van der Waals surface area contributed by atoms with Gasteiger partial charge in [-0.1, -0.05) is 134 Å². The molecule has 4 heteroatoms. The first-order chi connectivity index (χ1) is 32.2. The highest BCUT2D eigenvalue weighted by Gasteiger charge is 2.50. The van der Waals surface area contributed by atoms with Crippen molar-refractivity contribution in [3.05, 3.63) is 232 Å². The lowest BCUT2D eigenvalue weighted by Crippen LogP contribution is -2.40. The van der Waals surface area contributed by atoms with Crippen LogP contribution in [0.2, 0.25) is 0 Å². The van der Waals surface area contributed by atoms with E-state index in [1.54, 1.807) is 11.3 Å². The van der Waals surface area contributed by atoms with Crippen molar-refractivity contribution < 1.29 is 0 Å². The minimum absolute atomic E-state index is 0.214. The molecule has 4 unspecified atom stereocenters. The molecule has 3 aliphatic heterocycles. The second kappa shape index (κ2) is 14.4. The van der Waals surface area contributed by atoms with Crippen molar-refractivity contribution in [2.75, 3.05) is 9.80 Å². The van der Waals surface area contributed by atoms with E-state index in [1.807, 2.05) is 0 Å². The fourth-order valence-corrected chi connectivity index (χ4v) is 13.0. The fourth-order valence-electron chi connectivity index (χ4n) is 13.0. The zero-order valence-corrected chi connectivity index (χ0v) is 36.7. The second-order valence-corrected chi connectivity index (χ2v) is 19.0. The van der Waals surface area contributed by atoms with Crippen LogP contribution in [-0.2, 0) is 0 Å². The average Bonchev–Trinajstić information content (AvgIpc) is 4.09. The van der Waals surface area contributed by atoms with Gasteiger partial charge in [-0.3, -0.25) is 0 Å². The van der Waals surface area contributed by atoms with Gasteiger partial charge in [-0.25, -0.2) is 0 Å². The Balaban J connectivity index is 0.953. The Morgan fingerprint density at radius 1 is 0.569 bits per heavy atom. The van der Waals surface area contributed by atoms with Gasteiger partial charge in [0.1, 0.15) is 0 Å². The van der Waals surface area contributed by atoms with Crippen LogP contribution in [0.15, 0.2) is 210 Å². The normalized spacial score (nSPS) is 22.3. The first-order valence-electron chi connectivity index (χ1n) is 23.9. The van der Waals surface area contributed by atoms with Crippen LogP contribution in [-0.4, -0.2) is 15.5 Å². The lowest BCUT2D eigenvalue weighted by atomic mass is 9.74. The van der Waals surface area contributed by atoms with Crippen molar-refractivity contribution in [3.8, 4) is 16.8 Å². The lowest BCUT2D eigenvalue weighted by Gasteiger charge is -2.34. The highest BCUT2D eigenvalue weighted by molar-refractivity contribution is 5.99. The molecule has 314 valence electrons. The van der Waals surface area contributed by atoms with Gasteiger partial charge >= 0.3 is 0 Å². The third-order valence-corrected chi connectivity index (χ3v) is 15.6. The van der Waals surface area contributed by atoms with Crippen molar-refractivity contribution in [2.24, 2.45) is 11.8 Å². The van der Waals surface area contributed by atoms with Gasteiger partial charge in [-0.2, -0.15) is 0 Å². The largest absolute Gasteiger partial charge is 0.333 e. The van der Waals surface area contributed by atoms with Gasteiger partial charge in [0, 0.05) is 79.0 Å². The standard InChI is InChI=1S/C61H50N4/c1-39-32-33-47-57(38-39)63(41-20-6-3-7-21-41)54-35-37-56-60(61(47)54)46-26-12-17-31-52(46)65(56)49-28-14-9-23-43(49)42-22-8-13-27-48(42)64-51-30-16-11-25-45(51)59-55(64)36-34-53-58(59)44-24-10-15-29-50(44)62(53)40-18-4-2-5-19-40/h2,4-6,8-31,35-37,39,53,60-61H,3,7,32-34,38H2,1H3. The maximum absolute atomic E-state index is 2.68. The van der Waals surface area contributed by atoms with Gasteiger partial charge in [0.25, 0.3) is 0 Å². The number of anilines is 4. The van der Waals surface area contributed by atoms with E-state index in [9.17, 15) is 0 Å². The third kappa shape index (κ3) is 5.31. The molecule has 6 aromatic carbocycles. The number of benzene rings is 6. The van der Waals surface area contributed by atoms with Crippen LogP contribution in [0.25, 0.3) is 39.4 Å². The number of rotatable bonds is 5. The molecule has 0 fully saturated rings. The minimum Gasteiger partial charge on any atom is -0.333 e. The van der Waals surface area contributed by atoms with Crippen molar-refractivity contribution >= 4 is 45.3 Å². The van der Waals surface area contributed by atoms with E-state index >= 15 is 0 Å². The molecular formula is C61H50N4. The number of fused-ring (bicyclic) bond motifs is 12. The van der Waals surface area contributed by atoms with E-state index in [4.69, 9.17) is 0 Å². The molecule has 0 saturated heterocycles. The Labute approximate surface area is 381 Å². The van der Waals surface area contributed by atoms with Gasteiger partial charge in [0.05, 0.1) is 28.3 Å². The summed E-state index contributed by atoms with van der Waals surface area (Å²) >= 11 is 0. The van der Waals surface area contributed by atoms with Crippen molar-refractivity contribution in [2.45, 2.75) is 57.4 Å². The molecule has 0 amide bonds. The molecular weight excluding hydrogens is 789 g/mol. The van der Waals surface area contributed by atoms with Gasteiger partial charge < -0.3 is 19.3 Å². The minimum atomic E-state index is 0.214. The van der Waals surface area contributed by atoms with E-state index < -0.39 is 0 Å². The van der Waals surface area contributed by atoms with Gasteiger partial charge in [0.15, 0.2) is 0 Å². The zero-order valence-electron chi connectivity index (χ0n) is 36.7. The second-order valence-electron chi connectivity index (χ2n) is 19.0. The summed E-state index contributed by atoms with van der Waals surface area (Å²) in [6.07, 6.45) is 21.4. The summed E-state index contributed by atoms with van der Waals surface area (Å²) in [5, 5.41) is 3.94. The van der Waals surface area contributed by atoms with Crippen LogP contribution in [0.5, 0.6) is 0 Å². The molecule has 14 rings (SSSR count). The summed E-state index contributed by atoms with van der Waals surface area (Å²) in [7, 11) is 0. The predicted molar refractivity (Wildman–Crippen MR) is 268 cm³/mol. The summed E-state index contributed by atoms with van der Waals surface area (Å²) in [6, 6.07) is 56.9. The molecule has 0 N–H and O–H groups in total. The summed E-state index contributed by atoms with van der Waals surface area (Å²) in [6.45, 7) is 2.45. The van der Waals surface area contributed by atoms with E-state index in [0.717, 1.165) is 25.7 Å². The first-order valence-corrected chi connectivity index (χ1v) is 23.9. The van der Waals surface area contributed by atoms with Crippen molar-refractivity contribution in [1.29, 1.82) is 0 Å². The number of hydrogen-bond acceptors (Lipinski definition) is 3. The van der Waals surface area contributed by atoms with Gasteiger partial charge in [-0.05, 0) is 122 Å². The number of aromatic nitrogens is 1. The highest BCUT2D eigenvalue weighted by Crippen LogP contribution is 2.62. The molecule has 0 saturated carbocycles. The molecule has 1 aromatic heterocycles. The molecule has 0 bridgehead atoms. The monoisotopic (exact) mass is 838 g/mol. The van der Waals surface area contributed by atoms with Crippen LogP contribution in [0.4, 0.5) is 22.7 Å². The Morgan fingerprint density at radius 2 is 1.25 bits per heavy atom. The quantitative estimate of drug-likeness (QED) is 0.172. The summed E-state index contributed by atoms with van der Waals surface area (Å²) in [4.78, 5) is 7.87. The molecule has 7 aromatic rings. The molecule has 0 spiro atoms. The Kier molecular flexibility index (Phi) is 8.20. The van der Waals surface area contributed by atoms with Gasteiger partial charge in [-0.15, -0.1) is 0 Å². The van der Waals surface area contributed by atoms with Crippen LogP contribution >= 0.6 is 0 Å². The SMILES string of the molecule is CC1CCC2=C(C1)N(C1=CCCC=C1)C1=CC=C3C(c4ccccc4N3c3ccccc3-c3ccccc3-n3c4c(c5ccccc53)=C3c5ccccc5N(c5ccccc5)C3CC=4)C12. The molecule has 65 heavy (non-hydrogen) atoms. The number of allylic oxidation sites excluding steroid dienone is 8. The van der Waals surface area contributed by atoms with E-state index in [0.29, 0.717) is 11.8 Å². The van der Waals surface area contributed by atoms with Crippen LogP contribution in [0.3, 0.4) is 0 Å². The fraction of sp³-hybridized carbons (Fsp3) is 0.180. The van der Waals surface area contributed by atoms with E-state index in [2.05, 4.69) is 214 Å². The molecule has 4 heterocycles. The summed E-state index contributed by atoms with van der Waals surface area (Å²) < 4.78 is 2.57. The van der Waals surface area contributed by atoms with Crippen molar-refractivity contribution in [3.63, 3.8) is 0 Å². The number of nitrogens with zero attached hydrogens (tertiary/aromatic N) is 4. The van der Waals surface area contributed by atoms with E-state index in [-0.39, 0.29) is 12.0 Å². The summed E-state index contributed by atoms with van der Waals surface area (Å²) in [5.74, 6) is 1.26. The topological polar surface area (TPSA) is 14.7 Å². The maximum Gasteiger partial charge on any atom is 0.0640 e.